The van der Waals surface area contributed by atoms with Gasteiger partial charge in [-0.15, -0.1) is 0 Å². The molecular weight excluding hydrogens is 268 g/mol. The van der Waals surface area contributed by atoms with E-state index in [4.69, 9.17) is 16.3 Å². The Morgan fingerprint density at radius 2 is 2.26 bits per heavy atom. The van der Waals surface area contributed by atoms with Crippen LogP contribution in [0, 0.1) is 0 Å². The second kappa shape index (κ2) is 5.94. The first-order chi connectivity index (χ1) is 9.10. The number of aliphatic hydroxyl groups is 1. The lowest BCUT2D eigenvalue weighted by molar-refractivity contribution is 0.0123. The molecule has 0 atom stereocenters. The summed E-state index contributed by atoms with van der Waals surface area (Å²) in [6, 6.07) is 1.64. The van der Waals surface area contributed by atoms with Gasteiger partial charge in [-0.3, -0.25) is 4.79 Å². The highest BCUT2D eigenvalue weighted by Crippen LogP contribution is 2.22. The number of hydrogen-bond donors (Lipinski definition) is 2. The van der Waals surface area contributed by atoms with Crippen molar-refractivity contribution in [3.05, 3.63) is 23.0 Å². The normalized spacial score (nSPS) is 18.3. The molecule has 1 saturated heterocycles. The zero-order valence-corrected chi connectivity index (χ0v) is 11.7. The van der Waals surface area contributed by atoms with E-state index in [9.17, 15) is 9.90 Å². The van der Waals surface area contributed by atoms with Gasteiger partial charge in [0.2, 0.25) is 0 Å². The molecule has 0 aliphatic carbocycles. The first-order valence-corrected chi connectivity index (χ1v) is 6.85. The molecule has 2 heterocycles. The molecular formula is C13H19ClN2O3. The van der Waals surface area contributed by atoms with E-state index in [1.807, 2.05) is 6.92 Å². The van der Waals surface area contributed by atoms with Gasteiger partial charge in [-0.05, 0) is 25.8 Å². The number of carbonyl (C=O) groups is 1. The van der Waals surface area contributed by atoms with Crippen LogP contribution in [-0.2, 0) is 11.3 Å². The van der Waals surface area contributed by atoms with E-state index in [0.717, 1.165) is 0 Å². The minimum atomic E-state index is -0.579. The maximum atomic E-state index is 12.3. The Bertz CT molecular complexity index is 453. The molecule has 106 valence electrons. The van der Waals surface area contributed by atoms with Crippen molar-refractivity contribution >= 4 is 17.5 Å². The van der Waals surface area contributed by atoms with E-state index in [2.05, 4.69) is 5.32 Å². The van der Waals surface area contributed by atoms with Crippen molar-refractivity contribution in [2.45, 2.75) is 31.8 Å². The fourth-order valence-corrected chi connectivity index (χ4v) is 2.54. The molecule has 0 radical (unpaired) electrons. The molecule has 0 unspecified atom stereocenters. The lowest BCUT2D eigenvalue weighted by Gasteiger charge is -2.36. The number of aryl methyl sites for hydroxylation is 1. The van der Waals surface area contributed by atoms with E-state index < -0.39 is 5.54 Å². The van der Waals surface area contributed by atoms with Gasteiger partial charge >= 0.3 is 0 Å². The molecule has 0 saturated carbocycles. The van der Waals surface area contributed by atoms with Gasteiger partial charge in [-0.1, -0.05) is 11.6 Å². The summed E-state index contributed by atoms with van der Waals surface area (Å²) in [6.45, 7) is 3.64. The topological polar surface area (TPSA) is 63.5 Å². The highest BCUT2D eigenvalue weighted by Gasteiger charge is 2.34. The predicted molar refractivity (Wildman–Crippen MR) is 72.5 cm³/mol. The minimum Gasteiger partial charge on any atom is -0.394 e. The van der Waals surface area contributed by atoms with Crippen molar-refractivity contribution in [2.75, 3.05) is 19.8 Å². The van der Waals surface area contributed by atoms with Crippen LogP contribution in [0.5, 0.6) is 0 Å². The van der Waals surface area contributed by atoms with Crippen LogP contribution >= 0.6 is 11.6 Å². The Kier molecular flexibility index (Phi) is 4.50. The second-order valence-electron chi connectivity index (χ2n) is 4.83. The number of nitrogens with zero attached hydrogens (tertiary/aromatic N) is 1. The molecule has 2 N–H and O–H groups in total. The summed E-state index contributed by atoms with van der Waals surface area (Å²) in [7, 11) is 0. The average Bonchev–Trinajstić information content (AvgIpc) is 2.81. The van der Waals surface area contributed by atoms with Crippen molar-refractivity contribution in [3.8, 4) is 0 Å². The molecule has 1 aromatic rings. The fraction of sp³-hybridized carbons (Fsp3) is 0.615. The number of amides is 1. The third-order valence-electron chi connectivity index (χ3n) is 3.57. The van der Waals surface area contributed by atoms with E-state index >= 15 is 0 Å². The summed E-state index contributed by atoms with van der Waals surface area (Å²) in [5.41, 5.74) is -0.0585. The molecule has 0 spiro atoms. The Balaban J connectivity index is 2.14. The van der Waals surface area contributed by atoms with Crippen LogP contribution in [-0.4, -0.2) is 40.9 Å². The maximum absolute atomic E-state index is 12.3. The zero-order valence-electron chi connectivity index (χ0n) is 11.0. The Morgan fingerprint density at radius 3 is 2.84 bits per heavy atom. The van der Waals surface area contributed by atoms with E-state index in [-0.39, 0.29) is 12.5 Å². The van der Waals surface area contributed by atoms with Gasteiger partial charge < -0.3 is 19.7 Å². The van der Waals surface area contributed by atoms with Crippen LogP contribution < -0.4 is 5.32 Å². The highest BCUT2D eigenvalue weighted by atomic mass is 35.5. The molecule has 1 aliphatic rings. The summed E-state index contributed by atoms with van der Waals surface area (Å²) >= 11 is 5.93. The number of halogens is 1. The molecule has 1 aromatic heterocycles. The fourth-order valence-electron chi connectivity index (χ4n) is 2.32. The van der Waals surface area contributed by atoms with Crippen LogP contribution in [0.2, 0.25) is 5.02 Å². The zero-order chi connectivity index (χ0) is 13.9. The molecule has 0 bridgehead atoms. The lowest BCUT2D eigenvalue weighted by atomic mass is 9.91. The second-order valence-corrected chi connectivity index (χ2v) is 5.27. The summed E-state index contributed by atoms with van der Waals surface area (Å²) in [5.74, 6) is -0.204. The van der Waals surface area contributed by atoms with Crippen molar-refractivity contribution in [3.63, 3.8) is 0 Å². The largest absolute Gasteiger partial charge is 0.394 e. The number of nitrogens with one attached hydrogen (secondary N) is 1. The van der Waals surface area contributed by atoms with E-state index in [1.165, 1.54) is 0 Å². The van der Waals surface area contributed by atoms with Gasteiger partial charge in [-0.25, -0.2) is 0 Å². The van der Waals surface area contributed by atoms with Crippen LogP contribution in [0.1, 0.15) is 30.3 Å². The molecule has 2 rings (SSSR count). The summed E-state index contributed by atoms with van der Waals surface area (Å²) in [6.07, 6.45) is 2.97. The molecule has 5 nitrogen and oxygen atoms in total. The number of aliphatic hydroxyl groups excluding tert-OH is 1. The smallest absolute Gasteiger partial charge is 0.268 e. The monoisotopic (exact) mass is 286 g/mol. The van der Waals surface area contributed by atoms with Crippen molar-refractivity contribution in [1.82, 2.24) is 9.88 Å². The minimum absolute atomic E-state index is 0.0807. The van der Waals surface area contributed by atoms with Gasteiger partial charge in [-0.2, -0.15) is 0 Å². The Hall–Kier alpha value is -1.04. The van der Waals surface area contributed by atoms with Gasteiger partial charge in [0.25, 0.3) is 5.91 Å². The summed E-state index contributed by atoms with van der Waals surface area (Å²) in [4.78, 5) is 12.3. The highest BCUT2D eigenvalue weighted by molar-refractivity contribution is 6.31. The van der Waals surface area contributed by atoms with Gasteiger partial charge in [0.1, 0.15) is 5.69 Å². The van der Waals surface area contributed by atoms with Crippen LogP contribution in [0.15, 0.2) is 12.3 Å². The molecule has 6 heteroatoms. The lowest BCUT2D eigenvalue weighted by Crippen LogP contribution is -2.54. The number of aromatic nitrogens is 1. The SMILES string of the molecule is CCn1cc(Cl)cc1C(=O)NC1(CO)CCOCC1. The van der Waals surface area contributed by atoms with Crippen LogP contribution in [0.3, 0.4) is 0 Å². The first kappa shape index (κ1) is 14.4. The number of carbonyl (C=O) groups excluding carboxylic acids is 1. The molecule has 1 aliphatic heterocycles. The maximum Gasteiger partial charge on any atom is 0.268 e. The molecule has 0 aromatic carbocycles. The van der Waals surface area contributed by atoms with Gasteiger partial charge in [0.15, 0.2) is 0 Å². The summed E-state index contributed by atoms with van der Waals surface area (Å²) < 4.78 is 7.07. The molecule has 1 amide bonds. The van der Waals surface area contributed by atoms with Crippen molar-refractivity contribution in [2.24, 2.45) is 0 Å². The number of rotatable bonds is 4. The third-order valence-corrected chi connectivity index (χ3v) is 3.77. The van der Waals surface area contributed by atoms with Gasteiger partial charge in [0.05, 0.1) is 17.2 Å². The standard InChI is InChI=1S/C13H19ClN2O3/c1-2-16-8-10(14)7-11(16)12(18)15-13(9-17)3-5-19-6-4-13/h7-8,17H,2-6,9H2,1H3,(H,15,18). The Morgan fingerprint density at radius 1 is 1.58 bits per heavy atom. The first-order valence-electron chi connectivity index (χ1n) is 6.47. The van der Waals surface area contributed by atoms with Crippen LogP contribution in [0.4, 0.5) is 0 Å². The van der Waals surface area contributed by atoms with E-state index in [1.54, 1.807) is 16.8 Å². The number of hydrogen-bond acceptors (Lipinski definition) is 3. The van der Waals surface area contributed by atoms with Crippen LogP contribution in [0.25, 0.3) is 0 Å². The molecule has 19 heavy (non-hydrogen) atoms. The van der Waals surface area contributed by atoms with Crippen molar-refractivity contribution < 1.29 is 14.6 Å². The quantitative estimate of drug-likeness (QED) is 0.880. The van der Waals surface area contributed by atoms with Crippen molar-refractivity contribution in [1.29, 1.82) is 0 Å². The van der Waals surface area contributed by atoms with Gasteiger partial charge in [0, 0.05) is 26.0 Å². The third kappa shape index (κ3) is 3.11. The predicted octanol–water partition coefficient (Wildman–Crippen LogP) is 1.43. The molecule has 1 fully saturated rings. The van der Waals surface area contributed by atoms with E-state index in [0.29, 0.717) is 43.3 Å². The Labute approximate surface area is 117 Å². The summed E-state index contributed by atoms with van der Waals surface area (Å²) in [5, 5.41) is 13.0. The average molecular weight is 287 g/mol. The number of ether oxygens (including phenoxy) is 1.